The summed E-state index contributed by atoms with van der Waals surface area (Å²) in [6.45, 7) is 7.51. The Morgan fingerprint density at radius 1 is 1.21 bits per heavy atom. The molecule has 0 radical (unpaired) electrons. The second-order valence-corrected chi connectivity index (χ2v) is 5.90. The molecule has 0 saturated carbocycles. The van der Waals surface area contributed by atoms with Crippen molar-refractivity contribution in [2.24, 2.45) is 4.99 Å². The summed E-state index contributed by atoms with van der Waals surface area (Å²) >= 11 is 0. The summed E-state index contributed by atoms with van der Waals surface area (Å²) in [4.78, 5) is 19.7. The van der Waals surface area contributed by atoms with Crippen LogP contribution in [-0.2, 0) is 11.2 Å². The molecule has 1 N–H and O–H groups in total. The number of hydrogen-bond acceptors (Lipinski definition) is 2. The van der Waals surface area contributed by atoms with Crippen LogP contribution in [0.3, 0.4) is 0 Å². The molecule has 0 bridgehead atoms. The minimum absolute atomic E-state index is 0. The van der Waals surface area contributed by atoms with E-state index in [1.807, 2.05) is 37.1 Å². The molecule has 6 heteroatoms. The van der Waals surface area contributed by atoms with Crippen molar-refractivity contribution in [1.29, 1.82) is 0 Å². The first-order valence-electron chi connectivity index (χ1n) is 7.78. The second kappa shape index (κ2) is 11.9. The molecular formula is C18H29IN4O. The number of likely N-dealkylation sites (N-methyl/N-ethyl adjacent to an activating group) is 2. The van der Waals surface area contributed by atoms with Crippen LogP contribution in [0.1, 0.15) is 12.5 Å². The number of benzene rings is 1. The highest BCUT2D eigenvalue weighted by atomic mass is 127. The first kappa shape index (κ1) is 22.4. The van der Waals surface area contributed by atoms with Crippen LogP contribution < -0.4 is 5.32 Å². The number of aliphatic imine (C=N–C) groups is 1. The zero-order chi connectivity index (χ0) is 17.2. The molecule has 0 saturated heterocycles. The molecule has 0 aliphatic carbocycles. The van der Waals surface area contributed by atoms with Crippen LogP contribution in [-0.4, -0.2) is 62.4 Å². The van der Waals surface area contributed by atoms with Crippen molar-refractivity contribution >= 4 is 35.8 Å². The van der Waals surface area contributed by atoms with Gasteiger partial charge < -0.3 is 15.1 Å². The number of halogens is 1. The monoisotopic (exact) mass is 444 g/mol. The fourth-order valence-corrected chi connectivity index (χ4v) is 2.04. The maximum atomic E-state index is 11.7. The number of carbonyl (C=O) groups is 1. The average Bonchev–Trinajstić information content (AvgIpc) is 2.50. The molecule has 0 spiro atoms. The van der Waals surface area contributed by atoms with Gasteiger partial charge in [-0.2, -0.15) is 0 Å². The first-order chi connectivity index (χ1) is 10.9. The molecule has 1 rings (SSSR count). The molecule has 0 aliphatic heterocycles. The van der Waals surface area contributed by atoms with Crippen molar-refractivity contribution in [2.75, 3.05) is 40.8 Å². The largest absolute Gasteiger partial charge is 0.356 e. The van der Waals surface area contributed by atoms with Crippen molar-refractivity contribution in [1.82, 2.24) is 15.1 Å². The van der Waals surface area contributed by atoms with Gasteiger partial charge in [0.2, 0.25) is 5.91 Å². The highest BCUT2D eigenvalue weighted by Crippen LogP contribution is 1.99. The van der Waals surface area contributed by atoms with Crippen molar-refractivity contribution in [2.45, 2.75) is 13.3 Å². The number of nitrogens with one attached hydrogen (secondary N) is 1. The molecule has 0 aromatic heterocycles. The van der Waals surface area contributed by atoms with Crippen LogP contribution in [0.4, 0.5) is 0 Å². The lowest BCUT2D eigenvalue weighted by molar-refractivity contribution is -0.127. The van der Waals surface area contributed by atoms with Gasteiger partial charge in [0.15, 0.2) is 5.96 Å². The lowest BCUT2D eigenvalue weighted by atomic mass is 10.1. The van der Waals surface area contributed by atoms with Gasteiger partial charge in [0.05, 0.1) is 0 Å². The number of nitrogens with zero attached hydrogens (tertiary/aromatic N) is 3. The number of amides is 1. The minimum atomic E-state index is -0.0175. The lowest BCUT2D eigenvalue weighted by Crippen LogP contribution is -2.41. The third-order valence-corrected chi connectivity index (χ3v) is 3.27. The van der Waals surface area contributed by atoms with Gasteiger partial charge in [-0.15, -0.1) is 24.0 Å². The van der Waals surface area contributed by atoms with Gasteiger partial charge in [-0.05, 0) is 18.9 Å². The van der Waals surface area contributed by atoms with E-state index in [9.17, 15) is 4.79 Å². The molecule has 0 heterocycles. The van der Waals surface area contributed by atoms with Gasteiger partial charge in [-0.3, -0.25) is 4.79 Å². The summed E-state index contributed by atoms with van der Waals surface area (Å²) in [5.41, 5.74) is 2.32. The Kier molecular flexibility index (Phi) is 11.1. The van der Waals surface area contributed by atoms with Crippen molar-refractivity contribution in [3.63, 3.8) is 0 Å². The quantitative estimate of drug-likeness (QED) is 0.304. The Bertz CT molecular complexity index is 543. The van der Waals surface area contributed by atoms with Gasteiger partial charge in [-0.25, -0.2) is 4.99 Å². The van der Waals surface area contributed by atoms with Crippen LogP contribution in [0.15, 0.2) is 47.5 Å². The number of hydrogen-bond donors (Lipinski definition) is 1. The van der Waals surface area contributed by atoms with Crippen molar-refractivity contribution in [3.8, 4) is 0 Å². The second-order valence-electron chi connectivity index (χ2n) is 5.90. The SMILES string of the molecule is C=C(C)CN(C)C(=NCC(=O)N(C)C)NCCc1ccccc1.I. The third kappa shape index (κ3) is 8.90. The fourth-order valence-electron chi connectivity index (χ4n) is 2.04. The van der Waals surface area contributed by atoms with E-state index in [1.165, 1.54) is 5.56 Å². The Morgan fingerprint density at radius 2 is 1.83 bits per heavy atom. The Hall–Kier alpha value is -1.57. The molecule has 0 fully saturated rings. The van der Waals surface area contributed by atoms with E-state index in [2.05, 4.69) is 29.0 Å². The normalized spacial score (nSPS) is 10.6. The Morgan fingerprint density at radius 3 is 2.38 bits per heavy atom. The maximum Gasteiger partial charge on any atom is 0.243 e. The van der Waals surface area contributed by atoms with Crippen LogP contribution >= 0.6 is 24.0 Å². The van der Waals surface area contributed by atoms with E-state index in [4.69, 9.17) is 0 Å². The van der Waals surface area contributed by atoms with E-state index in [-0.39, 0.29) is 36.4 Å². The fraction of sp³-hybridized carbons (Fsp3) is 0.444. The highest BCUT2D eigenvalue weighted by Gasteiger charge is 2.09. The predicted molar refractivity (Wildman–Crippen MR) is 112 cm³/mol. The summed E-state index contributed by atoms with van der Waals surface area (Å²) in [6, 6.07) is 10.3. The van der Waals surface area contributed by atoms with E-state index in [1.54, 1.807) is 19.0 Å². The molecule has 24 heavy (non-hydrogen) atoms. The summed E-state index contributed by atoms with van der Waals surface area (Å²) in [5.74, 6) is 0.704. The highest BCUT2D eigenvalue weighted by molar-refractivity contribution is 14.0. The molecule has 1 aromatic carbocycles. The predicted octanol–water partition coefficient (Wildman–Crippen LogP) is 2.39. The smallest absolute Gasteiger partial charge is 0.243 e. The summed E-state index contributed by atoms with van der Waals surface area (Å²) in [7, 11) is 5.42. The van der Waals surface area contributed by atoms with Gasteiger partial charge in [0.1, 0.15) is 6.54 Å². The van der Waals surface area contributed by atoms with Gasteiger partial charge in [0, 0.05) is 34.2 Å². The zero-order valence-corrected chi connectivity index (χ0v) is 17.4. The van der Waals surface area contributed by atoms with E-state index in [0.29, 0.717) is 6.54 Å². The molecule has 0 aliphatic rings. The summed E-state index contributed by atoms with van der Waals surface area (Å²) in [6.07, 6.45) is 0.905. The summed E-state index contributed by atoms with van der Waals surface area (Å²) < 4.78 is 0. The number of guanidine groups is 1. The zero-order valence-electron chi connectivity index (χ0n) is 15.1. The topological polar surface area (TPSA) is 47.9 Å². The van der Waals surface area contributed by atoms with Crippen LogP contribution in [0.25, 0.3) is 0 Å². The lowest BCUT2D eigenvalue weighted by Gasteiger charge is -2.23. The molecule has 0 atom stereocenters. The maximum absolute atomic E-state index is 11.7. The number of rotatable bonds is 7. The van der Waals surface area contributed by atoms with Gasteiger partial charge >= 0.3 is 0 Å². The van der Waals surface area contributed by atoms with Gasteiger partial charge in [0.25, 0.3) is 0 Å². The molecule has 1 aromatic rings. The Balaban J connectivity index is 0.00000529. The van der Waals surface area contributed by atoms with Crippen molar-refractivity contribution in [3.05, 3.63) is 48.0 Å². The average molecular weight is 444 g/mol. The Labute approximate surface area is 162 Å². The summed E-state index contributed by atoms with van der Waals surface area (Å²) in [5, 5.41) is 3.33. The third-order valence-electron chi connectivity index (χ3n) is 3.27. The molecule has 134 valence electrons. The molecule has 0 unspecified atom stereocenters. The van der Waals surface area contributed by atoms with Crippen molar-refractivity contribution < 1.29 is 4.79 Å². The molecule has 5 nitrogen and oxygen atoms in total. The first-order valence-corrected chi connectivity index (χ1v) is 7.78. The van der Waals surface area contributed by atoms with Crippen LogP contribution in [0, 0.1) is 0 Å². The molecular weight excluding hydrogens is 415 g/mol. The van der Waals surface area contributed by atoms with E-state index >= 15 is 0 Å². The van der Waals surface area contributed by atoms with E-state index in [0.717, 1.165) is 24.5 Å². The number of carbonyl (C=O) groups excluding carboxylic acids is 1. The standard InChI is InChI=1S/C18H28N4O.HI/c1-15(2)14-22(5)18(20-13-17(23)21(3)4)19-12-11-16-9-7-6-8-10-16;/h6-10H,1,11-14H2,2-5H3,(H,19,20);1H. The van der Waals surface area contributed by atoms with Crippen LogP contribution in [0.2, 0.25) is 0 Å². The van der Waals surface area contributed by atoms with Gasteiger partial charge in [-0.1, -0.05) is 42.5 Å². The minimum Gasteiger partial charge on any atom is -0.356 e. The van der Waals surface area contributed by atoms with E-state index < -0.39 is 0 Å². The molecule has 1 amide bonds. The van der Waals surface area contributed by atoms with Crippen LogP contribution in [0.5, 0.6) is 0 Å².